The van der Waals surface area contributed by atoms with Gasteiger partial charge in [0.2, 0.25) is 0 Å². The second-order valence-corrected chi connectivity index (χ2v) is 8.08. The lowest BCUT2D eigenvalue weighted by Crippen LogP contribution is -2.47. The van der Waals surface area contributed by atoms with Crippen LogP contribution in [-0.2, 0) is 28.6 Å². The molecule has 0 aromatic rings. The lowest BCUT2D eigenvalue weighted by atomic mass is 10.0. The van der Waals surface area contributed by atoms with Crippen LogP contribution in [0.1, 0.15) is 34.1 Å². The van der Waals surface area contributed by atoms with Crippen molar-refractivity contribution >= 4 is 22.2 Å². The maximum atomic E-state index is 12.6. The Kier molecular flexibility index (Phi) is 6.22. The van der Waals surface area contributed by atoms with E-state index in [1.54, 1.807) is 20.8 Å². The number of esters is 1. The van der Waals surface area contributed by atoms with Gasteiger partial charge in [-0.05, 0) is 27.7 Å². The number of nitrogens with zero attached hydrogens (tertiary/aromatic N) is 1. The van der Waals surface area contributed by atoms with E-state index in [1.807, 2.05) is 0 Å². The van der Waals surface area contributed by atoms with E-state index in [-0.39, 0.29) is 0 Å². The molecule has 0 unspecified atom stereocenters. The fourth-order valence-corrected chi connectivity index (χ4v) is 2.57. The van der Waals surface area contributed by atoms with E-state index in [2.05, 4.69) is 8.92 Å². The quantitative estimate of drug-likeness (QED) is 0.405. The summed E-state index contributed by atoms with van der Waals surface area (Å²) in [6, 6.07) is -0.781. The van der Waals surface area contributed by atoms with Crippen LogP contribution in [0.2, 0.25) is 0 Å². The molecule has 1 aliphatic heterocycles. The maximum Gasteiger partial charge on any atom is 0.534 e. The van der Waals surface area contributed by atoms with Gasteiger partial charge in [-0.3, -0.25) is 0 Å². The van der Waals surface area contributed by atoms with Crippen LogP contribution in [0.3, 0.4) is 0 Å². The first kappa shape index (κ1) is 22.1. The summed E-state index contributed by atoms with van der Waals surface area (Å²) in [6.07, 6.45) is -1.26. The second kappa shape index (κ2) is 7.33. The average Bonchev–Trinajstić information content (AvgIpc) is 2.43. The van der Waals surface area contributed by atoms with Crippen LogP contribution in [0, 0.1) is 0 Å². The zero-order chi connectivity index (χ0) is 20.5. The fraction of sp³-hybridized carbons (Fsp3) is 0.714. The standard InChI is InChI=1S/C14H20F3NO7S/c1-8-6-10(25-26(21,22)14(15,16)17)9(11(19)23-5)7-18(8)12(20)24-13(2,3)4/h8H,6-7H2,1-5H3/t8-/m1/s1. The number of rotatable bonds is 3. The number of halogens is 3. The Labute approximate surface area is 149 Å². The van der Waals surface area contributed by atoms with Gasteiger partial charge in [0.05, 0.1) is 19.2 Å². The molecule has 0 N–H and O–H groups in total. The zero-order valence-corrected chi connectivity index (χ0v) is 15.7. The zero-order valence-electron chi connectivity index (χ0n) is 14.8. The Morgan fingerprint density at radius 1 is 1.19 bits per heavy atom. The number of alkyl halides is 3. The predicted octanol–water partition coefficient (Wildman–Crippen LogP) is 2.31. The fourth-order valence-electron chi connectivity index (χ4n) is 2.05. The van der Waals surface area contributed by atoms with Crippen LogP contribution in [0.4, 0.5) is 18.0 Å². The van der Waals surface area contributed by atoms with Crippen molar-refractivity contribution in [3.05, 3.63) is 11.3 Å². The first-order valence-electron chi connectivity index (χ1n) is 7.39. The van der Waals surface area contributed by atoms with E-state index in [0.717, 1.165) is 12.0 Å². The molecular formula is C14H20F3NO7S. The van der Waals surface area contributed by atoms with E-state index in [9.17, 15) is 31.2 Å². The Bertz CT molecular complexity index is 707. The number of ether oxygens (including phenoxy) is 2. The van der Waals surface area contributed by atoms with Gasteiger partial charge in [0, 0.05) is 12.5 Å². The van der Waals surface area contributed by atoms with Crippen molar-refractivity contribution < 1.29 is 44.8 Å². The summed E-state index contributed by atoms with van der Waals surface area (Å²) in [6.45, 7) is 5.76. The molecule has 0 bridgehead atoms. The molecule has 0 saturated carbocycles. The highest BCUT2D eigenvalue weighted by molar-refractivity contribution is 7.87. The van der Waals surface area contributed by atoms with E-state index < -0.39 is 63.6 Å². The first-order valence-corrected chi connectivity index (χ1v) is 8.80. The van der Waals surface area contributed by atoms with Crippen LogP contribution in [0.15, 0.2) is 11.3 Å². The molecule has 1 amide bonds. The van der Waals surface area contributed by atoms with Gasteiger partial charge >= 0.3 is 27.7 Å². The van der Waals surface area contributed by atoms with Crippen molar-refractivity contribution in [2.24, 2.45) is 0 Å². The minimum Gasteiger partial charge on any atom is -0.466 e. The SMILES string of the molecule is COC(=O)C1=C(OS(=O)(=O)C(F)(F)F)C[C@@H](C)N(C(=O)OC(C)(C)C)C1. The molecule has 150 valence electrons. The molecule has 1 aliphatic rings. The number of amides is 1. The average molecular weight is 403 g/mol. The second-order valence-electron chi connectivity index (χ2n) is 6.54. The minimum absolute atomic E-state index is 0.445. The highest BCUT2D eigenvalue weighted by Gasteiger charge is 2.50. The normalized spacial score (nSPS) is 19.2. The monoisotopic (exact) mass is 403 g/mol. The lowest BCUT2D eigenvalue weighted by molar-refractivity contribution is -0.136. The summed E-state index contributed by atoms with van der Waals surface area (Å²) in [7, 11) is -5.00. The summed E-state index contributed by atoms with van der Waals surface area (Å²) >= 11 is 0. The molecule has 0 aromatic carbocycles. The number of methoxy groups -OCH3 is 1. The van der Waals surface area contributed by atoms with Crippen molar-refractivity contribution in [1.82, 2.24) is 4.90 Å². The molecule has 0 aromatic heterocycles. The highest BCUT2D eigenvalue weighted by atomic mass is 32.2. The molecule has 0 fully saturated rings. The van der Waals surface area contributed by atoms with Crippen LogP contribution in [0.25, 0.3) is 0 Å². The largest absolute Gasteiger partial charge is 0.534 e. The molecule has 0 aliphatic carbocycles. The Hall–Kier alpha value is -1.98. The lowest BCUT2D eigenvalue weighted by Gasteiger charge is -2.35. The topological polar surface area (TPSA) is 99.2 Å². The van der Waals surface area contributed by atoms with Crippen LogP contribution in [-0.4, -0.2) is 56.2 Å². The van der Waals surface area contributed by atoms with Crippen molar-refractivity contribution in [2.45, 2.75) is 51.3 Å². The van der Waals surface area contributed by atoms with Crippen molar-refractivity contribution in [3.63, 3.8) is 0 Å². The van der Waals surface area contributed by atoms with Gasteiger partial charge in [0.15, 0.2) is 0 Å². The van der Waals surface area contributed by atoms with Crippen LogP contribution < -0.4 is 0 Å². The van der Waals surface area contributed by atoms with E-state index >= 15 is 0 Å². The third-order valence-electron chi connectivity index (χ3n) is 3.23. The summed E-state index contributed by atoms with van der Waals surface area (Å²) in [4.78, 5) is 25.2. The van der Waals surface area contributed by atoms with Crippen molar-refractivity contribution in [3.8, 4) is 0 Å². The molecule has 1 rings (SSSR count). The number of hydrogen-bond acceptors (Lipinski definition) is 7. The van der Waals surface area contributed by atoms with E-state index in [4.69, 9.17) is 4.74 Å². The molecule has 0 radical (unpaired) electrons. The van der Waals surface area contributed by atoms with Gasteiger partial charge < -0.3 is 18.6 Å². The third kappa shape index (κ3) is 5.26. The van der Waals surface area contributed by atoms with Gasteiger partial charge in [0.25, 0.3) is 0 Å². The summed E-state index contributed by atoms with van der Waals surface area (Å²) in [5.41, 5.74) is -7.01. The van der Waals surface area contributed by atoms with Crippen LogP contribution >= 0.6 is 0 Å². The van der Waals surface area contributed by atoms with Gasteiger partial charge in [0.1, 0.15) is 11.4 Å². The van der Waals surface area contributed by atoms with E-state index in [1.165, 1.54) is 6.92 Å². The molecule has 26 heavy (non-hydrogen) atoms. The van der Waals surface area contributed by atoms with Crippen molar-refractivity contribution in [1.29, 1.82) is 0 Å². The molecule has 0 saturated heterocycles. The Morgan fingerprint density at radius 2 is 1.73 bits per heavy atom. The smallest absolute Gasteiger partial charge is 0.466 e. The van der Waals surface area contributed by atoms with Gasteiger partial charge in [-0.2, -0.15) is 21.6 Å². The number of carbonyl (C=O) groups excluding carboxylic acids is 2. The molecule has 1 heterocycles. The molecule has 0 spiro atoms. The first-order chi connectivity index (χ1) is 11.6. The molecular weight excluding hydrogens is 383 g/mol. The Morgan fingerprint density at radius 3 is 2.15 bits per heavy atom. The molecule has 1 atom stereocenters. The van der Waals surface area contributed by atoms with Gasteiger partial charge in [-0.1, -0.05) is 0 Å². The number of carbonyl (C=O) groups is 2. The predicted molar refractivity (Wildman–Crippen MR) is 82.1 cm³/mol. The summed E-state index contributed by atoms with van der Waals surface area (Å²) < 4.78 is 73.9. The molecule has 12 heteroatoms. The van der Waals surface area contributed by atoms with Crippen molar-refractivity contribution in [2.75, 3.05) is 13.7 Å². The van der Waals surface area contributed by atoms with Gasteiger partial charge in [-0.25, -0.2) is 9.59 Å². The molecule has 8 nitrogen and oxygen atoms in total. The summed E-state index contributed by atoms with van der Waals surface area (Å²) in [5, 5.41) is 0. The Balaban J connectivity index is 3.23. The number of hydrogen-bond donors (Lipinski definition) is 0. The maximum absolute atomic E-state index is 12.6. The van der Waals surface area contributed by atoms with Gasteiger partial charge in [-0.15, -0.1) is 0 Å². The minimum atomic E-state index is -5.96. The van der Waals surface area contributed by atoms with E-state index in [0.29, 0.717) is 0 Å². The van der Waals surface area contributed by atoms with Crippen LogP contribution in [0.5, 0.6) is 0 Å². The summed E-state index contributed by atoms with van der Waals surface area (Å²) in [5.74, 6) is -1.83. The highest BCUT2D eigenvalue weighted by Crippen LogP contribution is 2.32. The third-order valence-corrected chi connectivity index (χ3v) is 4.22.